The van der Waals surface area contributed by atoms with Crippen LogP contribution in [0.15, 0.2) is 48.6 Å². The van der Waals surface area contributed by atoms with Gasteiger partial charge in [0, 0.05) is 15.8 Å². The predicted octanol–water partition coefficient (Wildman–Crippen LogP) is 9.68. The second-order valence-corrected chi connectivity index (χ2v) is 17.5. The van der Waals surface area contributed by atoms with Gasteiger partial charge in [-0.15, -0.1) is 0 Å². The van der Waals surface area contributed by atoms with Gasteiger partial charge in [-0.1, -0.05) is 36.5 Å². The van der Waals surface area contributed by atoms with Crippen molar-refractivity contribution in [1.29, 1.82) is 0 Å². The Kier molecular flexibility index (Phi) is 29.9. The van der Waals surface area contributed by atoms with E-state index in [1.165, 1.54) is 12.3 Å². The van der Waals surface area contributed by atoms with Gasteiger partial charge in [0.1, 0.15) is 0 Å². The summed E-state index contributed by atoms with van der Waals surface area (Å²) in [5, 5.41) is 0. The Morgan fingerprint density at radius 2 is 0.828 bits per heavy atom. The minimum absolute atomic E-state index is 0.180. The summed E-state index contributed by atoms with van der Waals surface area (Å²) in [6, 6.07) is 0. The van der Waals surface area contributed by atoms with E-state index in [0.717, 1.165) is 22.6 Å². The topological polar surface area (TPSA) is 0 Å². The Balaban J connectivity index is -0.000000410. The van der Waals surface area contributed by atoms with Crippen molar-refractivity contribution in [1.82, 2.24) is 0 Å². The van der Waals surface area contributed by atoms with Crippen molar-refractivity contribution in [3.63, 3.8) is 0 Å². The van der Waals surface area contributed by atoms with Crippen LogP contribution in [0, 0.1) is 0 Å². The molecule has 176 valence electrons. The van der Waals surface area contributed by atoms with Crippen molar-refractivity contribution in [3.05, 3.63) is 48.6 Å². The second-order valence-electron chi connectivity index (χ2n) is 8.13. The predicted molar refractivity (Wildman–Crippen MR) is 147 cm³/mol. The number of rotatable bonds is 10. The van der Waals surface area contributed by atoms with Crippen molar-refractivity contribution in [2.24, 2.45) is 0 Å². The molecule has 5 heteroatoms. The number of hydrogen-bond acceptors (Lipinski definition) is 0. The number of allylic oxidation sites excluding steroid dienone is 8. The summed E-state index contributed by atoms with van der Waals surface area (Å²) in [4.78, 5) is 0. The van der Waals surface area contributed by atoms with Gasteiger partial charge in [0.25, 0.3) is 0 Å². The van der Waals surface area contributed by atoms with Crippen LogP contribution in [0.4, 0.5) is 0 Å². The van der Waals surface area contributed by atoms with Crippen LogP contribution >= 0.6 is 36.2 Å². The van der Waals surface area contributed by atoms with Gasteiger partial charge in [-0.25, -0.2) is 0 Å². The van der Waals surface area contributed by atoms with Gasteiger partial charge < -0.3 is 0 Å². The Hall–Kier alpha value is 0.894. The van der Waals surface area contributed by atoms with E-state index in [9.17, 15) is 0 Å². The molecule has 0 aliphatic rings. The molecule has 0 aromatic carbocycles. The van der Waals surface area contributed by atoms with Crippen molar-refractivity contribution in [2.75, 3.05) is 12.3 Å². The normalized spacial score (nSPS) is 12.6. The third-order valence-corrected chi connectivity index (χ3v) is 11.9. The van der Waals surface area contributed by atoms with Crippen LogP contribution in [0.5, 0.6) is 0 Å². The first-order valence-corrected chi connectivity index (χ1v) is 17.1. The second kappa shape index (κ2) is 25.2. The molecule has 0 radical (unpaired) electrons. The first kappa shape index (κ1) is 34.5. The molecule has 0 aromatic heterocycles. The molecule has 0 heterocycles. The number of hydrogen-bond donors (Lipinski definition) is 0. The van der Waals surface area contributed by atoms with Crippen molar-refractivity contribution in [3.8, 4) is 0 Å². The van der Waals surface area contributed by atoms with Crippen LogP contribution in [-0.2, 0) is 12.7 Å². The molecule has 0 saturated carbocycles. The fourth-order valence-corrected chi connectivity index (χ4v) is 8.43. The minimum atomic E-state index is -0.180. The van der Waals surface area contributed by atoms with Gasteiger partial charge in [-0.05, 0) is 81.4 Å². The molecule has 29 heavy (non-hydrogen) atoms. The SMILES string of the molecule is CC=CC=CC[PH+](C(C)C)C(C)C.CC=CC=CC[PH+](C(C)C)C(C)C.[Cl][Ni][Cl]. The molecule has 0 spiro atoms. The zero-order valence-electron chi connectivity index (χ0n) is 20.4. The third-order valence-electron chi connectivity index (χ3n) is 4.55. The zero-order chi connectivity index (χ0) is 23.2. The molecule has 0 N–H and O–H groups in total. The molecule has 0 bridgehead atoms. The zero-order valence-corrected chi connectivity index (χ0v) is 24.9. The van der Waals surface area contributed by atoms with Gasteiger partial charge >= 0.3 is 33.0 Å². The Morgan fingerprint density at radius 1 is 0.586 bits per heavy atom. The molecule has 0 amide bonds. The Labute approximate surface area is 200 Å². The van der Waals surface area contributed by atoms with Crippen molar-refractivity contribution >= 4 is 36.2 Å². The van der Waals surface area contributed by atoms with Gasteiger partial charge in [0.15, 0.2) is 0 Å². The first-order chi connectivity index (χ1) is 13.6. The van der Waals surface area contributed by atoms with Crippen LogP contribution in [-0.4, -0.2) is 35.0 Å². The summed E-state index contributed by atoms with van der Waals surface area (Å²) in [5.41, 5.74) is 3.56. The molecule has 0 unspecified atom stereocenters. The fraction of sp³-hybridized carbons (Fsp3) is 0.667. The quantitative estimate of drug-likeness (QED) is 0.151. The molecular weight excluding hydrogens is 480 g/mol. The Morgan fingerprint density at radius 3 is 1.00 bits per heavy atom. The maximum atomic E-state index is 4.70. The maximum absolute atomic E-state index is 4.70. The monoisotopic (exact) mass is 526 g/mol. The van der Waals surface area contributed by atoms with E-state index in [4.69, 9.17) is 20.4 Å². The van der Waals surface area contributed by atoms with Crippen LogP contribution in [0.1, 0.15) is 69.2 Å². The molecular formula is C24H48Cl2NiP2+2. The van der Waals surface area contributed by atoms with E-state index < -0.39 is 0 Å². The van der Waals surface area contributed by atoms with Crippen LogP contribution < -0.4 is 0 Å². The van der Waals surface area contributed by atoms with Crippen LogP contribution in [0.25, 0.3) is 0 Å². The standard InChI is InChI=1S/2C12H23P.2ClH.Ni/c2*1-6-7-8-9-10-13(11(2)3)12(4)5;;;/h2*6-9,11-12H,10H2,1-5H3;2*1H;/q;;;;+2. The average Bonchev–Trinajstić information content (AvgIpc) is 2.61. The summed E-state index contributed by atoms with van der Waals surface area (Å²) in [6.07, 6.45) is 20.0. The van der Waals surface area contributed by atoms with E-state index in [1.54, 1.807) is 0 Å². The fourth-order valence-electron chi connectivity index (χ4n) is 3.06. The van der Waals surface area contributed by atoms with E-state index in [-0.39, 0.29) is 15.8 Å². The summed E-state index contributed by atoms with van der Waals surface area (Å²) in [5.74, 6) is 0. The third kappa shape index (κ3) is 25.0. The molecule has 0 rings (SSSR count). The molecule has 0 atom stereocenters. The average molecular weight is 528 g/mol. The molecule has 0 aromatic rings. The van der Waals surface area contributed by atoms with E-state index >= 15 is 0 Å². The Bertz CT molecular complexity index is 386. The summed E-state index contributed by atoms with van der Waals surface area (Å²) in [6.45, 7) is 23.0. The number of halogens is 2. The van der Waals surface area contributed by atoms with Crippen molar-refractivity contribution in [2.45, 2.75) is 91.9 Å². The summed E-state index contributed by atoms with van der Waals surface area (Å²) in [7, 11) is 9.04. The summed E-state index contributed by atoms with van der Waals surface area (Å²) < 4.78 is 0. The van der Waals surface area contributed by atoms with Gasteiger partial charge in [-0.3, -0.25) is 0 Å². The molecule has 0 saturated heterocycles. The first-order valence-electron chi connectivity index (χ1n) is 10.7. The van der Waals surface area contributed by atoms with E-state index in [2.05, 4.69) is 118 Å². The van der Waals surface area contributed by atoms with Crippen molar-refractivity contribution < 1.29 is 12.7 Å². The molecule has 0 fully saturated rings. The van der Waals surface area contributed by atoms with E-state index in [1.807, 2.05) is 0 Å². The van der Waals surface area contributed by atoms with E-state index in [0.29, 0.717) is 12.7 Å². The molecule has 0 nitrogen and oxygen atoms in total. The van der Waals surface area contributed by atoms with Crippen LogP contribution in [0.2, 0.25) is 0 Å². The van der Waals surface area contributed by atoms with Gasteiger partial charge in [-0.2, -0.15) is 0 Å². The van der Waals surface area contributed by atoms with Gasteiger partial charge in [0.05, 0.1) is 35.0 Å². The molecule has 0 aliphatic heterocycles. The van der Waals surface area contributed by atoms with Crippen LogP contribution in [0.3, 0.4) is 0 Å². The summed E-state index contributed by atoms with van der Waals surface area (Å²) >= 11 is 0.569. The van der Waals surface area contributed by atoms with Gasteiger partial charge in [0.2, 0.25) is 0 Å². The molecule has 0 aliphatic carbocycles.